The molecule has 0 aromatic heterocycles. The van der Waals surface area contributed by atoms with E-state index in [2.05, 4.69) is 4.72 Å². The first kappa shape index (κ1) is 14.9. The van der Waals surface area contributed by atoms with Crippen LogP contribution in [0.2, 0.25) is 5.02 Å². The number of sulfonamides is 1. The van der Waals surface area contributed by atoms with Crippen molar-refractivity contribution in [2.75, 3.05) is 0 Å². The van der Waals surface area contributed by atoms with Gasteiger partial charge in [-0.1, -0.05) is 18.5 Å². The smallest absolute Gasteiger partial charge is 0.258 e. The number of hydrogen-bond donors (Lipinski definition) is 1. The summed E-state index contributed by atoms with van der Waals surface area (Å²) in [7, 11) is -3.76. The van der Waals surface area contributed by atoms with Crippen molar-refractivity contribution in [3.63, 3.8) is 0 Å². The highest BCUT2D eigenvalue weighted by Gasteiger charge is 2.21. The zero-order valence-corrected chi connectivity index (χ0v) is 11.5. The molecule has 100 valence electrons. The lowest BCUT2D eigenvalue weighted by molar-refractivity contribution is -0.384. The van der Waals surface area contributed by atoms with E-state index in [-0.39, 0.29) is 16.0 Å². The van der Waals surface area contributed by atoms with Gasteiger partial charge in [0.1, 0.15) is 5.02 Å². The molecular weight excluding hydrogens is 280 g/mol. The summed E-state index contributed by atoms with van der Waals surface area (Å²) >= 11 is 5.62. The monoisotopic (exact) mass is 292 g/mol. The van der Waals surface area contributed by atoms with Crippen molar-refractivity contribution in [1.82, 2.24) is 4.72 Å². The van der Waals surface area contributed by atoms with Crippen molar-refractivity contribution in [3.05, 3.63) is 33.3 Å². The predicted octanol–water partition coefficient (Wildman–Crippen LogP) is 2.33. The van der Waals surface area contributed by atoms with Crippen molar-refractivity contribution >= 4 is 27.3 Å². The lowest BCUT2D eigenvalue weighted by Gasteiger charge is -2.11. The molecule has 6 nitrogen and oxygen atoms in total. The zero-order valence-electron chi connectivity index (χ0n) is 9.88. The van der Waals surface area contributed by atoms with Crippen LogP contribution in [0.15, 0.2) is 23.1 Å². The van der Waals surface area contributed by atoms with Crippen LogP contribution in [0.4, 0.5) is 5.69 Å². The first-order valence-electron chi connectivity index (χ1n) is 5.24. The van der Waals surface area contributed by atoms with E-state index in [0.717, 1.165) is 6.07 Å². The van der Waals surface area contributed by atoms with Crippen molar-refractivity contribution in [2.45, 2.75) is 31.2 Å². The van der Waals surface area contributed by atoms with Crippen molar-refractivity contribution in [2.24, 2.45) is 0 Å². The summed E-state index contributed by atoms with van der Waals surface area (Å²) in [6.45, 7) is 3.54. The van der Waals surface area contributed by atoms with Gasteiger partial charge < -0.3 is 0 Å². The van der Waals surface area contributed by atoms with E-state index >= 15 is 0 Å². The Morgan fingerprint density at radius 1 is 1.50 bits per heavy atom. The average Bonchev–Trinajstić information content (AvgIpc) is 2.28. The fraction of sp³-hybridized carbons (Fsp3) is 0.400. The summed E-state index contributed by atoms with van der Waals surface area (Å²) in [6.07, 6.45) is 0.620. The van der Waals surface area contributed by atoms with Crippen molar-refractivity contribution < 1.29 is 13.3 Å². The van der Waals surface area contributed by atoms with Crippen LogP contribution in [0, 0.1) is 10.1 Å². The molecule has 0 spiro atoms. The number of nitrogens with one attached hydrogen (secondary N) is 1. The van der Waals surface area contributed by atoms with E-state index in [1.165, 1.54) is 12.1 Å². The fourth-order valence-corrected chi connectivity index (χ4v) is 2.75. The largest absolute Gasteiger partial charge is 0.289 e. The second kappa shape index (κ2) is 5.64. The Bertz CT molecular complexity index is 559. The summed E-state index contributed by atoms with van der Waals surface area (Å²) in [5.74, 6) is 0. The van der Waals surface area contributed by atoms with Crippen LogP contribution in [-0.4, -0.2) is 19.4 Å². The molecule has 0 aliphatic heterocycles. The maximum atomic E-state index is 11.9. The maximum Gasteiger partial charge on any atom is 0.289 e. The zero-order chi connectivity index (χ0) is 13.9. The van der Waals surface area contributed by atoms with Gasteiger partial charge in [-0.2, -0.15) is 0 Å². The van der Waals surface area contributed by atoms with Gasteiger partial charge in [0.25, 0.3) is 5.69 Å². The van der Waals surface area contributed by atoms with E-state index < -0.39 is 20.6 Å². The molecule has 1 N–H and O–H groups in total. The Morgan fingerprint density at radius 3 is 2.61 bits per heavy atom. The topological polar surface area (TPSA) is 89.3 Å². The molecule has 0 amide bonds. The lowest BCUT2D eigenvalue weighted by atomic mass is 10.3. The van der Waals surface area contributed by atoms with E-state index in [9.17, 15) is 18.5 Å². The fourth-order valence-electron chi connectivity index (χ4n) is 1.22. The molecule has 1 unspecified atom stereocenters. The summed E-state index contributed by atoms with van der Waals surface area (Å²) in [5, 5.41) is 10.6. The summed E-state index contributed by atoms with van der Waals surface area (Å²) < 4.78 is 26.2. The third-order valence-electron chi connectivity index (χ3n) is 2.39. The number of hydrogen-bond acceptors (Lipinski definition) is 4. The molecule has 8 heteroatoms. The van der Waals surface area contributed by atoms with Gasteiger partial charge in [0, 0.05) is 12.1 Å². The molecule has 0 saturated carbocycles. The Morgan fingerprint density at radius 2 is 2.11 bits per heavy atom. The molecular formula is C10H13ClN2O4S. The number of nitro benzene ring substituents is 1. The molecule has 1 aromatic carbocycles. The Labute approximate surface area is 110 Å². The van der Waals surface area contributed by atoms with Gasteiger partial charge >= 0.3 is 0 Å². The van der Waals surface area contributed by atoms with E-state index in [1.807, 2.05) is 6.92 Å². The Hall–Kier alpha value is -1.18. The highest BCUT2D eigenvalue weighted by Crippen LogP contribution is 2.27. The number of halogens is 1. The van der Waals surface area contributed by atoms with Crippen LogP contribution in [0.25, 0.3) is 0 Å². The highest BCUT2D eigenvalue weighted by molar-refractivity contribution is 7.89. The number of rotatable bonds is 5. The third kappa shape index (κ3) is 3.41. The predicted molar refractivity (Wildman–Crippen MR) is 68.2 cm³/mol. The van der Waals surface area contributed by atoms with Gasteiger partial charge in [-0.15, -0.1) is 0 Å². The molecule has 1 atom stereocenters. The molecule has 0 fully saturated rings. The van der Waals surface area contributed by atoms with Gasteiger partial charge in [-0.25, -0.2) is 13.1 Å². The molecule has 0 radical (unpaired) electrons. The molecule has 0 aliphatic rings. The number of nitro groups is 1. The minimum absolute atomic E-state index is 0.0949. The maximum absolute atomic E-state index is 11.9. The quantitative estimate of drug-likeness (QED) is 0.666. The van der Waals surface area contributed by atoms with E-state index in [4.69, 9.17) is 11.6 Å². The van der Waals surface area contributed by atoms with Crippen LogP contribution in [0.1, 0.15) is 20.3 Å². The van der Waals surface area contributed by atoms with Gasteiger partial charge in [0.05, 0.1) is 9.82 Å². The SMILES string of the molecule is CCC(C)NS(=O)(=O)c1ccc(Cl)c([N+](=O)[O-])c1. The first-order chi connectivity index (χ1) is 8.27. The van der Waals surface area contributed by atoms with Crippen LogP contribution < -0.4 is 4.72 Å². The second-order valence-corrected chi connectivity index (χ2v) is 5.92. The summed E-state index contributed by atoms with van der Waals surface area (Å²) in [6, 6.07) is 3.14. The van der Waals surface area contributed by atoms with Crippen molar-refractivity contribution in [1.29, 1.82) is 0 Å². The molecule has 0 aliphatic carbocycles. The van der Waals surface area contributed by atoms with Gasteiger partial charge in [-0.3, -0.25) is 10.1 Å². The molecule has 0 saturated heterocycles. The molecule has 0 bridgehead atoms. The summed E-state index contributed by atoms with van der Waals surface area (Å²) in [5.41, 5.74) is -0.427. The average molecular weight is 293 g/mol. The molecule has 18 heavy (non-hydrogen) atoms. The van der Waals surface area contributed by atoms with Crippen LogP contribution in [0.3, 0.4) is 0 Å². The van der Waals surface area contributed by atoms with Gasteiger partial charge in [0.2, 0.25) is 10.0 Å². The third-order valence-corrected chi connectivity index (χ3v) is 4.30. The van der Waals surface area contributed by atoms with Gasteiger partial charge in [0.15, 0.2) is 0 Å². The lowest BCUT2D eigenvalue weighted by Crippen LogP contribution is -2.32. The molecule has 0 heterocycles. The Balaban J connectivity index is 3.18. The van der Waals surface area contributed by atoms with Crippen LogP contribution >= 0.6 is 11.6 Å². The van der Waals surface area contributed by atoms with E-state index in [1.54, 1.807) is 6.92 Å². The second-order valence-electron chi connectivity index (χ2n) is 3.80. The molecule has 1 aromatic rings. The minimum atomic E-state index is -3.76. The van der Waals surface area contributed by atoms with E-state index in [0.29, 0.717) is 6.42 Å². The normalized spacial score (nSPS) is 13.3. The van der Waals surface area contributed by atoms with Crippen LogP contribution in [-0.2, 0) is 10.0 Å². The molecule has 1 rings (SSSR count). The van der Waals surface area contributed by atoms with Gasteiger partial charge in [-0.05, 0) is 25.5 Å². The standard InChI is InChI=1S/C10H13ClN2O4S/c1-3-7(2)12-18(16,17)8-4-5-9(11)10(6-8)13(14)15/h4-7,12H,3H2,1-2H3. The summed E-state index contributed by atoms with van der Waals surface area (Å²) in [4.78, 5) is 9.80. The van der Waals surface area contributed by atoms with Crippen molar-refractivity contribution in [3.8, 4) is 0 Å². The number of benzene rings is 1. The Kier molecular flexibility index (Phi) is 4.66. The first-order valence-corrected chi connectivity index (χ1v) is 7.10. The number of nitrogens with zero attached hydrogens (tertiary/aromatic N) is 1. The van der Waals surface area contributed by atoms with Crippen LogP contribution in [0.5, 0.6) is 0 Å². The minimum Gasteiger partial charge on any atom is -0.258 e. The highest BCUT2D eigenvalue weighted by atomic mass is 35.5.